The number of halogens is 2. The van der Waals surface area contributed by atoms with Crippen LogP contribution in [0.3, 0.4) is 0 Å². The van der Waals surface area contributed by atoms with E-state index in [2.05, 4.69) is 35.1 Å². The molecule has 0 saturated carbocycles. The molecule has 0 aromatic heterocycles. The second-order valence-electron chi connectivity index (χ2n) is 5.16. The van der Waals surface area contributed by atoms with Gasteiger partial charge in [0.05, 0.1) is 11.6 Å². The van der Waals surface area contributed by atoms with Gasteiger partial charge in [0.25, 0.3) is 0 Å². The standard InChI is InChI=1S/C17H19BrFNO/c1-11(2)20-10-12-9-13(21-3)7-8-14(12)15-5-4-6-16(18)17(15)19/h4-9,11,20H,10H2,1-3H3. The molecular formula is C17H19BrFNO. The van der Waals surface area contributed by atoms with Crippen molar-refractivity contribution in [3.05, 3.63) is 52.3 Å². The molecule has 0 aliphatic rings. The number of hydrogen-bond donors (Lipinski definition) is 1. The lowest BCUT2D eigenvalue weighted by molar-refractivity contribution is 0.414. The highest BCUT2D eigenvalue weighted by atomic mass is 79.9. The van der Waals surface area contributed by atoms with Crippen LogP contribution in [-0.4, -0.2) is 13.2 Å². The van der Waals surface area contributed by atoms with E-state index in [0.717, 1.165) is 16.9 Å². The SMILES string of the molecule is COc1ccc(-c2cccc(Br)c2F)c(CNC(C)C)c1. The summed E-state index contributed by atoms with van der Waals surface area (Å²) in [5, 5.41) is 3.37. The molecule has 0 spiro atoms. The van der Waals surface area contributed by atoms with Crippen LogP contribution in [0.15, 0.2) is 40.9 Å². The molecule has 2 aromatic carbocycles. The van der Waals surface area contributed by atoms with E-state index < -0.39 is 0 Å². The van der Waals surface area contributed by atoms with E-state index in [1.807, 2.05) is 24.3 Å². The number of ether oxygens (including phenoxy) is 1. The summed E-state index contributed by atoms with van der Waals surface area (Å²) >= 11 is 3.24. The van der Waals surface area contributed by atoms with Crippen LogP contribution in [0.1, 0.15) is 19.4 Å². The van der Waals surface area contributed by atoms with Crippen molar-refractivity contribution in [1.82, 2.24) is 5.32 Å². The zero-order valence-corrected chi connectivity index (χ0v) is 14.0. The van der Waals surface area contributed by atoms with Gasteiger partial charge >= 0.3 is 0 Å². The molecule has 2 aromatic rings. The molecule has 0 atom stereocenters. The lowest BCUT2D eigenvalue weighted by Crippen LogP contribution is -2.22. The maximum absolute atomic E-state index is 14.4. The van der Waals surface area contributed by atoms with Gasteiger partial charge in [-0.05, 0) is 45.3 Å². The lowest BCUT2D eigenvalue weighted by Gasteiger charge is -2.15. The fraction of sp³-hybridized carbons (Fsp3) is 0.294. The number of hydrogen-bond acceptors (Lipinski definition) is 2. The molecule has 0 heterocycles. The summed E-state index contributed by atoms with van der Waals surface area (Å²) in [5.74, 6) is 0.531. The first kappa shape index (κ1) is 16.0. The van der Waals surface area contributed by atoms with Crippen LogP contribution in [0.4, 0.5) is 4.39 Å². The van der Waals surface area contributed by atoms with Crippen molar-refractivity contribution >= 4 is 15.9 Å². The number of benzene rings is 2. The Morgan fingerprint density at radius 2 is 1.95 bits per heavy atom. The zero-order chi connectivity index (χ0) is 15.4. The third-order valence-electron chi connectivity index (χ3n) is 3.25. The maximum Gasteiger partial charge on any atom is 0.145 e. The van der Waals surface area contributed by atoms with Crippen LogP contribution in [0.25, 0.3) is 11.1 Å². The molecule has 0 fully saturated rings. The van der Waals surface area contributed by atoms with Gasteiger partial charge in [0.1, 0.15) is 11.6 Å². The van der Waals surface area contributed by atoms with E-state index in [4.69, 9.17) is 4.74 Å². The molecule has 0 bridgehead atoms. The van der Waals surface area contributed by atoms with Crippen LogP contribution in [0.2, 0.25) is 0 Å². The predicted octanol–water partition coefficient (Wildman–Crippen LogP) is 4.76. The molecule has 0 radical (unpaired) electrons. The van der Waals surface area contributed by atoms with Crippen molar-refractivity contribution < 1.29 is 9.13 Å². The average Bonchev–Trinajstić information content (AvgIpc) is 2.48. The van der Waals surface area contributed by atoms with Gasteiger partial charge in [0.2, 0.25) is 0 Å². The highest BCUT2D eigenvalue weighted by molar-refractivity contribution is 9.10. The van der Waals surface area contributed by atoms with Gasteiger partial charge in [0, 0.05) is 18.2 Å². The Labute approximate surface area is 133 Å². The number of rotatable bonds is 5. The van der Waals surface area contributed by atoms with Crippen molar-refractivity contribution in [2.24, 2.45) is 0 Å². The first-order valence-electron chi connectivity index (χ1n) is 6.87. The van der Waals surface area contributed by atoms with E-state index in [1.54, 1.807) is 19.2 Å². The van der Waals surface area contributed by atoms with Crippen molar-refractivity contribution in [2.75, 3.05) is 7.11 Å². The topological polar surface area (TPSA) is 21.3 Å². The fourth-order valence-electron chi connectivity index (χ4n) is 2.13. The van der Waals surface area contributed by atoms with E-state index in [1.165, 1.54) is 0 Å². The van der Waals surface area contributed by atoms with E-state index in [0.29, 0.717) is 22.6 Å². The van der Waals surface area contributed by atoms with E-state index >= 15 is 0 Å². The number of methoxy groups -OCH3 is 1. The Balaban J connectivity index is 2.48. The molecule has 4 heteroatoms. The van der Waals surface area contributed by atoms with Gasteiger partial charge in [-0.3, -0.25) is 0 Å². The maximum atomic E-state index is 14.4. The summed E-state index contributed by atoms with van der Waals surface area (Å²) < 4.78 is 20.1. The largest absolute Gasteiger partial charge is 0.497 e. The summed E-state index contributed by atoms with van der Waals surface area (Å²) in [5.41, 5.74) is 2.48. The molecule has 0 amide bonds. The van der Waals surface area contributed by atoms with Gasteiger partial charge < -0.3 is 10.1 Å². The normalized spacial score (nSPS) is 11.0. The summed E-state index contributed by atoms with van der Waals surface area (Å²) in [6.07, 6.45) is 0. The summed E-state index contributed by atoms with van der Waals surface area (Å²) in [4.78, 5) is 0. The Morgan fingerprint density at radius 3 is 2.62 bits per heavy atom. The highest BCUT2D eigenvalue weighted by Gasteiger charge is 2.13. The highest BCUT2D eigenvalue weighted by Crippen LogP contribution is 2.32. The van der Waals surface area contributed by atoms with Gasteiger partial charge in [-0.1, -0.05) is 32.0 Å². The zero-order valence-electron chi connectivity index (χ0n) is 12.4. The third kappa shape index (κ3) is 3.83. The van der Waals surface area contributed by atoms with Crippen molar-refractivity contribution in [2.45, 2.75) is 26.4 Å². The number of nitrogens with one attached hydrogen (secondary N) is 1. The monoisotopic (exact) mass is 351 g/mol. The molecular weight excluding hydrogens is 333 g/mol. The van der Waals surface area contributed by atoms with Gasteiger partial charge in [-0.2, -0.15) is 0 Å². The summed E-state index contributed by atoms with van der Waals surface area (Å²) in [7, 11) is 1.63. The molecule has 0 unspecified atom stereocenters. The van der Waals surface area contributed by atoms with E-state index in [-0.39, 0.29) is 5.82 Å². The molecule has 2 rings (SSSR count). The Kier molecular flexibility index (Phi) is 5.37. The lowest BCUT2D eigenvalue weighted by atomic mass is 9.98. The van der Waals surface area contributed by atoms with Gasteiger partial charge in [-0.15, -0.1) is 0 Å². The average molecular weight is 352 g/mol. The molecule has 0 aliphatic carbocycles. The smallest absolute Gasteiger partial charge is 0.145 e. The minimum atomic E-state index is -0.242. The predicted molar refractivity (Wildman–Crippen MR) is 88.1 cm³/mol. The van der Waals surface area contributed by atoms with Crippen molar-refractivity contribution in [1.29, 1.82) is 0 Å². The summed E-state index contributed by atoms with van der Waals surface area (Å²) in [6.45, 7) is 4.83. The van der Waals surface area contributed by atoms with Gasteiger partial charge in [0.15, 0.2) is 0 Å². The minimum absolute atomic E-state index is 0.242. The molecule has 2 nitrogen and oxygen atoms in total. The van der Waals surface area contributed by atoms with Gasteiger partial charge in [-0.25, -0.2) is 4.39 Å². The van der Waals surface area contributed by atoms with Crippen LogP contribution >= 0.6 is 15.9 Å². The van der Waals surface area contributed by atoms with Crippen LogP contribution in [-0.2, 0) is 6.54 Å². The Hall–Kier alpha value is -1.39. The Bertz CT molecular complexity index is 628. The first-order valence-corrected chi connectivity index (χ1v) is 7.67. The summed E-state index contributed by atoms with van der Waals surface area (Å²) in [6, 6.07) is 11.4. The molecule has 1 N–H and O–H groups in total. The molecule has 0 saturated heterocycles. The van der Waals surface area contributed by atoms with Crippen LogP contribution in [0.5, 0.6) is 5.75 Å². The second-order valence-corrected chi connectivity index (χ2v) is 6.01. The van der Waals surface area contributed by atoms with E-state index in [9.17, 15) is 4.39 Å². The second kappa shape index (κ2) is 7.05. The quantitative estimate of drug-likeness (QED) is 0.838. The molecule has 21 heavy (non-hydrogen) atoms. The van der Waals surface area contributed by atoms with Crippen LogP contribution < -0.4 is 10.1 Å². The molecule has 112 valence electrons. The molecule has 0 aliphatic heterocycles. The van der Waals surface area contributed by atoms with Crippen molar-refractivity contribution in [3.8, 4) is 16.9 Å². The first-order chi connectivity index (χ1) is 10.0. The third-order valence-corrected chi connectivity index (χ3v) is 3.87. The fourth-order valence-corrected chi connectivity index (χ4v) is 2.50. The minimum Gasteiger partial charge on any atom is -0.497 e. The van der Waals surface area contributed by atoms with Crippen LogP contribution in [0, 0.1) is 5.82 Å². The Morgan fingerprint density at radius 1 is 1.19 bits per heavy atom. The van der Waals surface area contributed by atoms with Crippen molar-refractivity contribution in [3.63, 3.8) is 0 Å².